The van der Waals surface area contributed by atoms with Crippen molar-refractivity contribution in [3.63, 3.8) is 0 Å². The Bertz CT molecular complexity index is 797. The van der Waals surface area contributed by atoms with Crippen molar-refractivity contribution in [3.05, 3.63) is 0 Å². The van der Waals surface area contributed by atoms with Crippen molar-refractivity contribution in [2.75, 3.05) is 19.0 Å². The monoisotopic (exact) mass is 933 g/mol. The fourth-order valence-electron chi connectivity index (χ4n) is 10.1. The Kier molecular flexibility index (Phi) is 45.8. The summed E-state index contributed by atoms with van der Waals surface area (Å²) in [4.78, 5) is 0. The van der Waals surface area contributed by atoms with Gasteiger partial charge in [-0.2, -0.15) is 0 Å². The lowest BCUT2D eigenvalue weighted by Crippen LogP contribution is -2.49. The van der Waals surface area contributed by atoms with Gasteiger partial charge in [-0.3, -0.25) is 0 Å². The molecule has 0 bridgehead atoms. The molecule has 0 spiro atoms. The van der Waals surface area contributed by atoms with E-state index in [4.69, 9.17) is 17.0 Å². The average Bonchev–Trinajstić information content (AvgIpc) is 3.28. The van der Waals surface area contributed by atoms with E-state index in [9.17, 15) is 0 Å². The van der Waals surface area contributed by atoms with Gasteiger partial charge in [0.2, 0.25) is 0 Å². The number of hydrogen-bond donors (Lipinski definition) is 1. The minimum absolute atomic E-state index is 0.280. The van der Waals surface area contributed by atoms with Crippen molar-refractivity contribution >= 4 is 50.4 Å². The predicted octanol–water partition coefficient (Wildman–Crippen LogP) is 22.6. The first kappa shape index (κ1) is 59.8. The molecule has 60 heavy (non-hydrogen) atoms. The highest BCUT2D eigenvalue weighted by molar-refractivity contribution is 9.24. The summed E-state index contributed by atoms with van der Waals surface area (Å²) in [6.45, 7) is 11.3. The molecule has 6 heteroatoms. The normalized spacial score (nSPS) is 17.2. The Morgan fingerprint density at radius 1 is 0.400 bits per heavy atom. The zero-order chi connectivity index (χ0) is 43.3. The van der Waals surface area contributed by atoms with Crippen LogP contribution in [0.25, 0.3) is 0 Å². The number of rotatable bonds is 44. The maximum absolute atomic E-state index is 7.00. The maximum Gasteiger partial charge on any atom is 0.0809 e. The van der Waals surface area contributed by atoms with Crippen LogP contribution in [0.1, 0.15) is 317 Å². The second-order valence-corrected chi connectivity index (χ2v) is 30.6. The van der Waals surface area contributed by atoms with Crippen LogP contribution in [0, 0.1) is 5.41 Å². The highest BCUT2D eigenvalue weighted by atomic mass is 33.6. The van der Waals surface area contributed by atoms with Crippen LogP contribution >= 0.6 is 50.4 Å². The quantitative estimate of drug-likeness (QED) is 0.0282. The van der Waals surface area contributed by atoms with Gasteiger partial charge in [0.05, 0.1) is 12.1 Å². The minimum atomic E-state index is -0.365. The van der Waals surface area contributed by atoms with Crippen molar-refractivity contribution in [1.29, 1.82) is 0 Å². The molecular weight excluding hydrogens is 824 g/mol. The third kappa shape index (κ3) is 33.3. The molecule has 1 heterocycles. The van der Waals surface area contributed by atoms with Gasteiger partial charge in [-0.1, -0.05) is 295 Å². The van der Waals surface area contributed by atoms with E-state index >= 15 is 0 Å². The molecule has 1 aliphatic rings. The lowest BCUT2D eigenvalue weighted by molar-refractivity contribution is -0.00270. The Labute approximate surface area is 398 Å². The first-order valence-electron chi connectivity index (χ1n) is 27.6. The highest BCUT2D eigenvalue weighted by Crippen LogP contribution is 2.73. The second kappa shape index (κ2) is 45.9. The molecule has 1 atom stereocenters. The Balaban J connectivity index is 3.22. The van der Waals surface area contributed by atoms with E-state index in [1.807, 2.05) is 0 Å². The molecule has 0 N–H and O–H groups in total. The van der Waals surface area contributed by atoms with Crippen molar-refractivity contribution in [2.45, 2.75) is 321 Å². The van der Waals surface area contributed by atoms with Crippen molar-refractivity contribution in [2.24, 2.45) is 5.41 Å². The molecule has 0 aromatic carbocycles. The summed E-state index contributed by atoms with van der Waals surface area (Å²) in [5.41, 5.74) is -0.0850. The van der Waals surface area contributed by atoms with Crippen LogP contribution in [0.5, 0.6) is 0 Å². The largest absolute Gasteiger partial charge is 0.381 e. The molecule has 1 saturated heterocycles. The summed E-state index contributed by atoms with van der Waals surface area (Å²) in [5, 5.41) is 0. The van der Waals surface area contributed by atoms with Gasteiger partial charge in [-0.05, 0) is 42.5 Å². The third-order valence-electron chi connectivity index (χ3n) is 14.1. The standard InChI is InChI=1S/C54H109OPS4/c1-5-9-13-17-21-25-29-33-37-41-46-53(47-42-38-34-30-26-22-18-14-10-6-2)52-55-50-45-51-58-56(57)60-59-54(53,48-43-39-35-31-27-23-19-15-11-7-3)49-44-40-36-32-28-24-20-16-12-8-4/h57H,5-52H2,1-4H3. The molecule has 1 rings (SSSR count). The van der Waals surface area contributed by atoms with E-state index in [0.29, 0.717) is 4.75 Å². The first-order valence-corrected chi connectivity index (χ1v) is 34.5. The Hall–Kier alpha value is 1.79. The highest BCUT2D eigenvalue weighted by Gasteiger charge is 2.51. The summed E-state index contributed by atoms with van der Waals surface area (Å²) in [6, 6.07) is 0. The molecule has 0 aromatic rings. The topological polar surface area (TPSA) is 9.23 Å². The van der Waals surface area contributed by atoms with Crippen LogP contribution in [0.15, 0.2) is 0 Å². The predicted molar refractivity (Wildman–Crippen MR) is 290 cm³/mol. The fraction of sp³-hybridized carbons (Fsp3) is 1.00. The van der Waals surface area contributed by atoms with E-state index in [-0.39, 0.29) is 10.9 Å². The van der Waals surface area contributed by atoms with Gasteiger partial charge in [-0.15, -0.1) is 23.6 Å². The molecule has 0 aromatic heterocycles. The van der Waals surface area contributed by atoms with Crippen molar-refractivity contribution in [3.8, 4) is 0 Å². The molecule has 1 nitrogen and oxygen atoms in total. The van der Waals surface area contributed by atoms with Gasteiger partial charge in [0.25, 0.3) is 0 Å². The van der Waals surface area contributed by atoms with Crippen LogP contribution in [0.2, 0.25) is 0 Å². The van der Waals surface area contributed by atoms with Gasteiger partial charge in [0, 0.05) is 22.5 Å². The van der Waals surface area contributed by atoms with Crippen LogP contribution in [-0.4, -0.2) is 23.7 Å². The van der Waals surface area contributed by atoms with Crippen LogP contribution in [0.4, 0.5) is 0 Å². The maximum atomic E-state index is 7.00. The summed E-state index contributed by atoms with van der Waals surface area (Å²) in [5.74, 6) is 1.20. The molecule has 0 radical (unpaired) electrons. The van der Waals surface area contributed by atoms with Gasteiger partial charge in [0.15, 0.2) is 0 Å². The summed E-state index contributed by atoms with van der Waals surface area (Å²) in [6.07, 6.45) is 64.0. The van der Waals surface area contributed by atoms with Gasteiger partial charge >= 0.3 is 0 Å². The number of unbranched alkanes of at least 4 members (excludes halogenated alkanes) is 36. The summed E-state index contributed by atoms with van der Waals surface area (Å²) < 4.78 is 7.30. The number of ether oxygens (including phenoxy) is 1. The molecule has 1 fully saturated rings. The lowest BCUT2D eigenvalue weighted by Gasteiger charge is -2.51. The van der Waals surface area contributed by atoms with E-state index in [2.05, 4.69) is 60.3 Å². The first-order chi connectivity index (χ1) is 29.6. The summed E-state index contributed by atoms with van der Waals surface area (Å²) in [7, 11) is 4.61. The smallest absolute Gasteiger partial charge is 0.0809 e. The zero-order valence-electron chi connectivity index (χ0n) is 41.5. The molecule has 1 aliphatic heterocycles. The molecule has 0 aliphatic carbocycles. The zero-order valence-corrected chi connectivity index (χ0v) is 45.7. The molecule has 360 valence electrons. The SMILES string of the molecule is CCCCCCCCCCCCC1(CCCCCCCCCCCC)COCCCSP(S)SSC1(CCCCCCCCCCCC)CCCCCCCCCCCC. The third-order valence-corrected chi connectivity index (χ3v) is 26.2. The molecule has 1 unspecified atom stereocenters. The Morgan fingerprint density at radius 3 is 1.00 bits per heavy atom. The van der Waals surface area contributed by atoms with E-state index in [1.165, 1.54) is 295 Å². The number of thiol groups is 1. The van der Waals surface area contributed by atoms with E-state index in [1.54, 1.807) is 0 Å². The fourth-order valence-corrected chi connectivity index (χ4v) is 20.8. The minimum Gasteiger partial charge on any atom is -0.381 e. The van der Waals surface area contributed by atoms with Crippen LogP contribution in [-0.2, 0) is 4.74 Å². The lowest BCUT2D eigenvalue weighted by atomic mass is 9.64. The van der Waals surface area contributed by atoms with Gasteiger partial charge in [-0.25, -0.2) is 0 Å². The second-order valence-electron chi connectivity index (χ2n) is 19.6. The van der Waals surface area contributed by atoms with E-state index in [0.717, 1.165) is 13.2 Å². The van der Waals surface area contributed by atoms with Crippen molar-refractivity contribution < 1.29 is 4.74 Å². The number of hydrogen-bond acceptors (Lipinski definition) is 5. The average molecular weight is 934 g/mol. The van der Waals surface area contributed by atoms with Gasteiger partial charge in [0.1, 0.15) is 0 Å². The Morgan fingerprint density at radius 2 is 0.683 bits per heavy atom. The van der Waals surface area contributed by atoms with Gasteiger partial charge < -0.3 is 4.74 Å². The molecule has 0 saturated carbocycles. The molecular formula is C54H109OPS4. The van der Waals surface area contributed by atoms with Crippen molar-refractivity contribution in [1.82, 2.24) is 0 Å². The van der Waals surface area contributed by atoms with Crippen LogP contribution < -0.4 is 0 Å². The molecule has 0 amide bonds. The van der Waals surface area contributed by atoms with Crippen LogP contribution in [0.3, 0.4) is 0 Å². The summed E-state index contributed by atoms with van der Waals surface area (Å²) >= 11 is 7.44. The van der Waals surface area contributed by atoms with E-state index < -0.39 is 0 Å².